The van der Waals surface area contributed by atoms with Gasteiger partial charge in [0.2, 0.25) is 0 Å². The molecule has 4 nitrogen and oxygen atoms in total. The van der Waals surface area contributed by atoms with E-state index < -0.39 is 0 Å². The predicted octanol–water partition coefficient (Wildman–Crippen LogP) is 1.38. The van der Waals surface area contributed by atoms with Crippen LogP contribution in [0.15, 0.2) is 12.4 Å². The highest BCUT2D eigenvalue weighted by Gasteiger charge is 2.29. The van der Waals surface area contributed by atoms with E-state index in [9.17, 15) is 4.79 Å². The summed E-state index contributed by atoms with van der Waals surface area (Å²) in [6.07, 6.45) is 3.24. The summed E-state index contributed by atoms with van der Waals surface area (Å²) in [5.41, 5.74) is 0.654. The number of nitrogens with zero attached hydrogens (tertiary/aromatic N) is 2. The van der Waals surface area contributed by atoms with Crippen LogP contribution in [0.25, 0.3) is 0 Å². The Morgan fingerprint density at radius 3 is 3.13 bits per heavy atom. The molecule has 1 aliphatic rings. The van der Waals surface area contributed by atoms with Crippen LogP contribution in [-0.2, 0) is 0 Å². The van der Waals surface area contributed by atoms with Crippen molar-refractivity contribution in [2.24, 2.45) is 0 Å². The number of aromatic amines is 1. The summed E-state index contributed by atoms with van der Waals surface area (Å²) < 4.78 is 0. The minimum atomic E-state index is 0.0865. The second-order valence-corrected chi connectivity index (χ2v) is 5.29. The first kappa shape index (κ1) is 10.5. The van der Waals surface area contributed by atoms with Gasteiger partial charge in [-0.3, -0.25) is 9.89 Å². The summed E-state index contributed by atoms with van der Waals surface area (Å²) >= 11 is 1.93. The summed E-state index contributed by atoms with van der Waals surface area (Å²) in [4.78, 5) is 14.0. The number of hydrogen-bond donors (Lipinski definition) is 1. The van der Waals surface area contributed by atoms with Gasteiger partial charge in [-0.15, -0.1) is 0 Å². The molecular formula is C10H15N3OS. The van der Waals surface area contributed by atoms with Crippen LogP contribution < -0.4 is 0 Å². The molecule has 1 saturated heterocycles. The first-order valence-electron chi connectivity index (χ1n) is 5.11. The van der Waals surface area contributed by atoms with Gasteiger partial charge in [0.05, 0.1) is 11.8 Å². The van der Waals surface area contributed by atoms with Crippen molar-refractivity contribution in [3.8, 4) is 0 Å². The highest BCUT2D eigenvalue weighted by molar-refractivity contribution is 8.00. The molecule has 1 aliphatic heterocycles. The summed E-state index contributed by atoms with van der Waals surface area (Å²) in [5.74, 6) is 1.11. The van der Waals surface area contributed by atoms with Crippen LogP contribution in [0.1, 0.15) is 24.2 Å². The first-order chi connectivity index (χ1) is 7.20. The maximum atomic E-state index is 12.1. The molecule has 0 aliphatic carbocycles. The average molecular weight is 225 g/mol. The van der Waals surface area contributed by atoms with Crippen LogP contribution in [-0.4, -0.2) is 44.6 Å². The van der Waals surface area contributed by atoms with Crippen molar-refractivity contribution in [3.05, 3.63) is 18.0 Å². The second kappa shape index (κ2) is 4.26. The highest BCUT2D eigenvalue weighted by Crippen LogP contribution is 2.25. The third-order valence-corrected chi connectivity index (χ3v) is 4.23. The van der Waals surface area contributed by atoms with Crippen LogP contribution in [0, 0.1) is 0 Å². The van der Waals surface area contributed by atoms with Gasteiger partial charge in [-0.2, -0.15) is 16.9 Å². The molecule has 0 saturated carbocycles. The van der Waals surface area contributed by atoms with Crippen LogP contribution in [0.2, 0.25) is 0 Å². The molecule has 1 aromatic rings. The molecule has 2 unspecified atom stereocenters. The standard InChI is InChI=1S/C10H15N3OS/c1-7-8(2)15-4-3-13(7)10(14)9-5-11-12-6-9/h5-8H,3-4H2,1-2H3,(H,11,12). The van der Waals surface area contributed by atoms with E-state index in [1.54, 1.807) is 12.4 Å². The molecule has 2 atom stereocenters. The smallest absolute Gasteiger partial charge is 0.257 e. The lowest BCUT2D eigenvalue weighted by molar-refractivity contribution is 0.0698. The monoisotopic (exact) mass is 225 g/mol. The summed E-state index contributed by atoms with van der Waals surface area (Å²) in [5, 5.41) is 6.99. The molecule has 1 aromatic heterocycles. The van der Waals surface area contributed by atoms with Crippen molar-refractivity contribution in [3.63, 3.8) is 0 Å². The molecule has 0 aromatic carbocycles. The first-order valence-corrected chi connectivity index (χ1v) is 6.16. The zero-order chi connectivity index (χ0) is 10.8. The summed E-state index contributed by atoms with van der Waals surface area (Å²) in [6.45, 7) is 5.11. The van der Waals surface area contributed by atoms with Crippen molar-refractivity contribution in [1.29, 1.82) is 0 Å². The second-order valence-electron chi connectivity index (χ2n) is 3.80. The normalized spacial score (nSPS) is 26.7. The number of carbonyl (C=O) groups excluding carboxylic acids is 1. The van der Waals surface area contributed by atoms with E-state index >= 15 is 0 Å². The lowest BCUT2D eigenvalue weighted by atomic mass is 10.2. The maximum absolute atomic E-state index is 12.1. The number of rotatable bonds is 1. The van der Waals surface area contributed by atoms with Gasteiger partial charge >= 0.3 is 0 Å². The number of carbonyl (C=O) groups is 1. The van der Waals surface area contributed by atoms with Crippen molar-refractivity contribution in [2.45, 2.75) is 25.1 Å². The van der Waals surface area contributed by atoms with E-state index in [0.717, 1.165) is 12.3 Å². The molecule has 0 bridgehead atoms. The van der Waals surface area contributed by atoms with Gasteiger partial charge < -0.3 is 4.90 Å². The fourth-order valence-corrected chi connectivity index (χ4v) is 2.85. The van der Waals surface area contributed by atoms with Crippen LogP contribution in [0.4, 0.5) is 0 Å². The topological polar surface area (TPSA) is 49.0 Å². The Hall–Kier alpha value is -0.970. The number of hydrogen-bond acceptors (Lipinski definition) is 3. The van der Waals surface area contributed by atoms with Gasteiger partial charge in [-0.05, 0) is 6.92 Å². The molecule has 15 heavy (non-hydrogen) atoms. The van der Waals surface area contributed by atoms with Gasteiger partial charge in [0.1, 0.15) is 0 Å². The molecule has 1 fully saturated rings. The molecule has 0 radical (unpaired) electrons. The van der Waals surface area contributed by atoms with Gasteiger partial charge in [0.15, 0.2) is 0 Å². The summed E-state index contributed by atoms with van der Waals surface area (Å²) in [6, 6.07) is 0.297. The van der Waals surface area contributed by atoms with Crippen LogP contribution in [0.5, 0.6) is 0 Å². The Morgan fingerprint density at radius 1 is 1.67 bits per heavy atom. The van der Waals surface area contributed by atoms with E-state index in [1.165, 1.54) is 0 Å². The minimum Gasteiger partial charge on any atom is -0.334 e. The number of thioether (sulfide) groups is 1. The minimum absolute atomic E-state index is 0.0865. The molecule has 2 rings (SSSR count). The zero-order valence-corrected chi connectivity index (χ0v) is 9.75. The predicted molar refractivity (Wildman–Crippen MR) is 61.0 cm³/mol. The zero-order valence-electron chi connectivity index (χ0n) is 8.93. The Balaban J connectivity index is 2.13. The number of nitrogens with one attached hydrogen (secondary N) is 1. The quantitative estimate of drug-likeness (QED) is 0.785. The third kappa shape index (κ3) is 2.02. The number of aromatic nitrogens is 2. The Morgan fingerprint density at radius 2 is 2.47 bits per heavy atom. The third-order valence-electron chi connectivity index (χ3n) is 2.89. The van der Waals surface area contributed by atoms with Gasteiger partial charge in [-0.1, -0.05) is 6.92 Å². The lowest BCUT2D eigenvalue weighted by Crippen LogP contribution is -2.47. The van der Waals surface area contributed by atoms with E-state index in [-0.39, 0.29) is 5.91 Å². The van der Waals surface area contributed by atoms with Crippen LogP contribution >= 0.6 is 11.8 Å². The molecule has 2 heterocycles. The fourth-order valence-electron chi connectivity index (χ4n) is 1.75. The summed E-state index contributed by atoms with van der Waals surface area (Å²) in [7, 11) is 0. The Bertz CT molecular complexity index is 338. The van der Waals surface area contributed by atoms with Crippen LogP contribution in [0.3, 0.4) is 0 Å². The van der Waals surface area contributed by atoms with Crippen molar-refractivity contribution in [1.82, 2.24) is 15.1 Å². The Labute approximate surface area is 93.4 Å². The molecular weight excluding hydrogens is 210 g/mol. The highest BCUT2D eigenvalue weighted by atomic mass is 32.2. The van der Waals surface area contributed by atoms with Gasteiger partial charge in [0.25, 0.3) is 5.91 Å². The fraction of sp³-hybridized carbons (Fsp3) is 0.600. The number of amides is 1. The van der Waals surface area contributed by atoms with Crippen molar-refractivity contribution in [2.75, 3.05) is 12.3 Å². The SMILES string of the molecule is CC1SCCN(C(=O)c2cn[nH]c2)C1C. The molecule has 0 spiro atoms. The molecule has 1 amide bonds. The van der Waals surface area contributed by atoms with E-state index in [0.29, 0.717) is 16.9 Å². The molecule has 5 heteroatoms. The maximum Gasteiger partial charge on any atom is 0.257 e. The molecule has 1 N–H and O–H groups in total. The average Bonchev–Trinajstić information content (AvgIpc) is 2.74. The van der Waals surface area contributed by atoms with E-state index in [1.807, 2.05) is 16.7 Å². The van der Waals surface area contributed by atoms with Gasteiger partial charge in [0, 0.05) is 29.8 Å². The van der Waals surface area contributed by atoms with Gasteiger partial charge in [-0.25, -0.2) is 0 Å². The van der Waals surface area contributed by atoms with Crippen molar-refractivity contribution < 1.29 is 4.79 Å². The van der Waals surface area contributed by atoms with E-state index in [4.69, 9.17) is 0 Å². The van der Waals surface area contributed by atoms with E-state index in [2.05, 4.69) is 24.0 Å². The Kier molecular flexibility index (Phi) is 3.00. The number of H-pyrrole nitrogens is 1. The van der Waals surface area contributed by atoms with Crippen molar-refractivity contribution >= 4 is 17.7 Å². The molecule has 82 valence electrons. The largest absolute Gasteiger partial charge is 0.334 e. The lowest BCUT2D eigenvalue weighted by Gasteiger charge is -2.37.